The maximum absolute atomic E-state index is 13.5. The number of amides is 2. The van der Waals surface area contributed by atoms with E-state index in [0.29, 0.717) is 36.5 Å². The van der Waals surface area contributed by atoms with Gasteiger partial charge in [0, 0.05) is 30.8 Å². The van der Waals surface area contributed by atoms with E-state index in [0.717, 1.165) is 40.8 Å². The monoisotopic (exact) mass is 592 g/mol. The minimum absolute atomic E-state index is 0.168. The molecule has 0 saturated carbocycles. The van der Waals surface area contributed by atoms with Gasteiger partial charge >= 0.3 is 0 Å². The average Bonchev–Trinajstić information content (AvgIpc) is 3.70. The molecular formula is C36H40N4O4. The van der Waals surface area contributed by atoms with Crippen molar-refractivity contribution in [2.45, 2.75) is 57.8 Å². The molecule has 0 spiro atoms. The van der Waals surface area contributed by atoms with Crippen molar-refractivity contribution in [3.8, 4) is 0 Å². The Morgan fingerprint density at radius 1 is 1.02 bits per heavy atom. The Hall–Kier alpha value is -4.53. The molecule has 2 heterocycles. The molecule has 0 radical (unpaired) electrons. The second-order valence-electron chi connectivity index (χ2n) is 11.5. The van der Waals surface area contributed by atoms with Crippen molar-refractivity contribution < 1.29 is 19.1 Å². The first-order chi connectivity index (χ1) is 21.3. The molecule has 228 valence electrons. The van der Waals surface area contributed by atoms with Gasteiger partial charge in [-0.3, -0.25) is 9.59 Å². The van der Waals surface area contributed by atoms with Gasteiger partial charge in [-0.2, -0.15) is 0 Å². The lowest BCUT2D eigenvalue weighted by Gasteiger charge is -2.25. The first-order valence-electron chi connectivity index (χ1n) is 15.1. The molecule has 8 heteroatoms. The zero-order valence-corrected chi connectivity index (χ0v) is 25.3. The summed E-state index contributed by atoms with van der Waals surface area (Å²) < 4.78 is 5.61. The van der Waals surface area contributed by atoms with Gasteiger partial charge in [-0.1, -0.05) is 72.8 Å². The molecule has 0 bridgehead atoms. The zero-order valence-electron chi connectivity index (χ0n) is 25.3. The van der Waals surface area contributed by atoms with Gasteiger partial charge in [0.05, 0.1) is 17.8 Å². The van der Waals surface area contributed by atoms with E-state index in [1.54, 1.807) is 35.4 Å². The van der Waals surface area contributed by atoms with Crippen LogP contribution in [0.1, 0.15) is 74.8 Å². The Balaban J connectivity index is 1.27. The van der Waals surface area contributed by atoms with Gasteiger partial charge in [0.25, 0.3) is 11.8 Å². The van der Waals surface area contributed by atoms with E-state index >= 15 is 0 Å². The average molecular weight is 593 g/mol. The minimum atomic E-state index is -0.858. The van der Waals surface area contributed by atoms with Crippen LogP contribution in [-0.2, 0) is 13.0 Å². The fourth-order valence-corrected chi connectivity index (χ4v) is 5.61. The number of oxazole rings is 1. The third kappa shape index (κ3) is 7.70. The van der Waals surface area contributed by atoms with Crippen LogP contribution < -0.4 is 10.6 Å². The van der Waals surface area contributed by atoms with Crippen molar-refractivity contribution in [2.75, 3.05) is 13.1 Å². The van der Waals surface area contributed by atoms with Gasteiger partial charge in [-0.05, 0) is 68.0 Å². The van der Waals surface area contributed by atoms with Gasteiger partial charge in [-0.25, -0.2) is 4.98 Å². The molecule has 3 aromatic carbocycles. The van der Waals surface area contributed by atoms with Crippen LogP contribution in [0, 0.1) is 6.92 Å². The fraction of sp³-hybridized carbons (Fsp3) is 0.306. The summed E-state index contributed by atoms with van der Waals surface area (Å²) in [5, 5.41) is 17.6. The Labute approximate surface area is 258 Å². The van der Waals surface area contributed by atoms with Gasteiger partial charge in [0.1, 0.15) is 12.3 Å². The second kappa shape index (κ2) is 14.3. The molecular weight excluding hydrogens is 552 g/mol. The van der Waals surface area contributed by atoms with E-state index in [2.05, 4.69) is 28.3 Å². The molecule has 4 aromatic rings. The highest BCUT2D eigenvalue weighted by molar-refractivity contribution is 6.00. The molecule has 3 N–H and O–H groups in total. The van der Waals surface area contributed by atoms with Gasteiger partial charge in [-0.15, -0.1) is 0 Å². The number of aliphatic hydroxyl groups excluding tert-OH is 1. The Morgan fingerprint density at radius 2 is 1.75 bits per heavy atom. The number of nitrogens with one attached hydrogen (secondary N) is 2. The van der Waals surface area contributed by atoms with Crippen molar-refractivity contribution in [3.05, 3.63) is 131 Å². The molecule has 0 unspecified atom stereocenters. The van der Waals surface area contributed by atoms with Crippen LogP contribution in [0.25, 0.3) is 5.57 Å². The number of benzene rings is 3. The largest absolute Gasteiger partial charge is 0.446 e. The highest BCUT2D eigenvalue weighted by Crippen LogP contribution is 2.32. The molecule has 2 amide bonds. The van der Waals surface area contributed by atoms with Crippen molar-refractivity contribution in [1.29, 1.82) is 0 Å². The Kier molecular flexibility index (Phi) is 10.0. The molecule has 1 aromatic heterocycles. The van der Waals surface area contributed by atoms with E-state index in [1.807, 2.05) is 62.4 Å². The molecule has 5 rings (SSSR count). The fourth-order valence-electron chi connectivity index (χ4n) is 5.61. The van der Waals surface area contributed by atoms with Crippen molar-refractivity contribution in [3.63, 3.8) is 0 Å². The zero-order chi connectivity index (χ0) is 31.1. The van der Waals surface area contributed by atoms with Crippen LogP contribution in [0.15, 0.2) is 96.1 Å². The Morgan fingerprint density at radius 3 is 2.50 bits per heavy atom. The summed E-state index contributed by atoms with van der Waals surface area (Å²) in [6.07, 6.45) is 2.81. The quantitative estimate of drug-likeness (QED) is 0.201. The summed E-state index contributed by atoms with van der Waals surface area (Å²) in [6.45, 7) is 9.29. The van der Waals surface area contributed by atoms with Gasteiger partial charge in [0.2, 0.25) is 5.89 Å². The minimum Gasteiger partial charge on any atom is -0.446 e. The van der Waals surface area contributed by atoms with E-state index in [-0.39, 0.29) is 24.4 Å². The third-order valence-corrected chi connectivity index (χ3v) is 7.99. The lowest BCUT2D eigenvalue weighted by atomic mass is 10.00. The van der Waals surface area contributed by atoms with Crippen LogP contribution in [0.4, 0.5) is 0 Å². The number of likely N-dealkylation sites (tertiary alicyclic amines) is 1. The maximum Gasteiger partial charge on any atom is 0.254 e. The third-order valence-electron chi connectivity index (χ3n) is 7.99. The van der Waals surface area contributed by atoms with E-state index < -0.39 is 12.1 Å². The number of aryl methyl sites for hydroxylation is 1. The highest BCUT2D eigenvalue weighted by Gasteiger charge is 2.34. The predicted molar refractivity (Wildman–Crippen MR) is 171 cm³/mol. The molecule has 8 nitrogen and oxygen atoms in total. The summed E-state index contributed by atoms with van der Waals surface area (Å²) in [7, 11) is 0. The summed E-state index contributed by atoms with van der Waals surface area (Å²) in [5.41, 5.74) is 5.70. The summed E-state index contributed by atoms with van der Waals surface area (Å²) in [4.78, 5) is 33.3. The number of carbonyl (C=O) groups excluding carboxylic acids is 2. The second-order valence-corrected chi connectivity index (χ2v) is 11.5. The molecule has 1 aliphatic heterocycles. The van der Waals surface area contributed by atoms with E-state index in [1.165, 1.54) is 0 Å². The van der Waals surface area contributed by atoms with Crippen LogP contribution in [0.5, 0.6) is 0 Å². The van der Waals surface area contributed by atoms with Crippen molar-refractivity contribution in [1.82, 2.24) is 20.5 Å². The topological polar surface area (TPSA) is 108 Å². The van der Waals surface area contributed by atoms with Gasteiger partial charge < -0.3 is 25.1 Å². The molecule has 1 fully saturated rings. The summed E-state index contributed by atoms with van der Waals surface area (Å²) in [6, 6.07) is 23.8. The molecule has 3 atom stereocenters. The number of hydrogen-bond acceptors (Lipinski definition) is 6. The first kappa shape index (κ1) is 30.9. The van der Waals surface area contributed by atoms with Crippen molar-refractivity contribution in [2.24, 2.45) is 0 Å². The highest BCUT2D eigenvalue weighted by atomic mass is 16.3. The number of allylic oxidation sites excluding steroid dienone is 1. The SMILES string of the molecule is C=C(C)c1cccc(CNC[C@@H](O)[C@H](Cc2ccccc2)NC(=O)c2cccc(C(=O)N3CCC[C@@H]3c3nc(C)co3)c2)c1. The Bertz CT molecular complexity index is 1600. The van der Waals surface area contributed by atoms with Crippen molar-refractivity contribution >= 4 is 17.4 Å². The number of aromatic nitrogens is 1. The van der Waals surface area contributed by atoms with E-state index in [4.69, 9.17) is 4.42 Å². The normalized spacial score (nSPS) is 16.0. The molecule has 1 saturated heterocycles. The number of hydrogen-bond donors (Lipinski definition) is 3. The van der Waals surface area contributed by atoms with E-state index in [9.17, 15) is 14.7 Å². The lowest BCUT2D eigenvalue weighted by Crippen LogP contribution is -2.48. The first-order valence-corrected chi connectivity index (χ1v) is 15.1. The summed E-state index contributed by atoms with van der Waals surface area (Å²) in [5.74, 6) is 0.0194. The van der Waals surface area contributed by atoms with Crippen LogP contribution in [0.3, 0.4) is 0 Å². The number of nitrogens with zero attached hydrogens (tertiary/aromatic N) is 2. The number of aliphatic hydroxyl groups is 1. The molecule has 0 aliphatic carbocycles. The number of rotatable bonds is 12. The lowest BCUT2D eigenvalue weighted by molar-refractivity contribution is 0.0715. The van der Waals surface area contributed by atoms with Crippen LogP contribution in [0.2, 0.25) is 0 Å². The summed E-state index contributed by atoms with van der Waals surface area (Å²) >= 11 is 0. The van der Waals surface area contributed by atoms with Crippen LogP contribution >= 0.6 is 0 Å². The number of carbonyl (C=O) groups is 2. The standard InChI is InChI=1S/C36H40N4O4/c1-24(2)28-13-7-12-27(18-28)21-37-22-33(41)31(19-26-10-5-4-6-11-26)39-34(42)29-14-8-15-30(20-29)36(43)40-17-9-16-32(40)35-38-25(3)23-44-35/h4-8,10-15,18,20,23,31-33,37,41H,1,9,16-17,19,21-22H2,2-3H3,(H,39,42)/t31-,32+,33+/m0/s1. The molecule has 44 heavy (non-hydrogen) atoms. The smallest absolute Gasteiger partial charge is 0.254 e. The molecule has 1 aliphatic rings. The van der Waals surface area contributed by atoms with Gasteiger partial charge in [0.15, 0.2) is 0 Å². The van der Waals surface area contributed by atoms with Crippen LogP contribution in [-0.4, -0.2) is 52.0 Å². The predicted octanol–water partition coefficient (Wildman–Crippen LogP) is 5.49. The maximum atomic E-state index is 13.5.